The lowest BCUT2D eigenvalue weighted by Crippen LogP contribution is -2.37. The first-order valence-electron chi connectivity index (χ1n) is 8.55. The molecule has 0 radical (unpaired) electrons. The second-order valence-corrected chi connectivity index (χ2v) is 8.07. The summed E-state index contributed by atoms with van der Waals surface area (Å²) in [5, 5.41) is 0. The highest BCUT2D eigenvalue weighted by atomic mass is 32.2. The van der Waals surface area contributed by atoms with Crippen molar-refractivity contribution in [3.63, 3.8) is 0 Å². The summed E-state index contributed by atoms with van der Waals surface area (Å²) in [7, 11) is -3.59. The Bertz CT molecular complexity index is 860. The van der Waals surface area contributed by atoms with E-state index >= 15 is 0 Å². The van der Waals surface area contributed by atoms with Gasteiger partial charge in [-0.15, -0.1) is 0 Å². The Morgan fingerprint density at radius 2 is 1.81 bits per heavy atom. The molecule has 0 heterocycles. The summed E-state index contributed by atoms with van der Waals surface area (Å²) in [5.74, 6) is 0.200. The van der Waals surface area contributed by atoms with Crippen LogP contribution in [0.3, 0.4) is 0 Å². The molecular formula is C20H25NO4S. The summed E-state index contributed by atoms with van der Waals surface area (Å²) in [4.78, 5) is 14.8. The van der Waals surface area contributed by atoms with Crippen molar-refractivity contribution in [3.05, 3.63) is 65.2 Å². The molecule has 0 aliphatic heterocycles. The Morgan fingerprint density at radius 3 is 2.38 bits per heavy atom. The zero-order chi connectivity index (χ0) is 19.3. The van der Waals surface area contributed by atoms with Gasteiger partial charge in [0.15, 0.2) is 0 Å². The summed E-state index contributed by atoms with van der Waals surface area (Å²) < 4.78 is 27.6. The monoisotopic (exact) mass is 375 g/mol. The Labute approximate surface area is 155 Å². The van der Waals surface area contributed by atoms with E-state index in [0.717, 1.165) is 23.8 Å². The molecular weight excluding hydrogens is 350 g/mol. The number of nitrogens with zero attached hydrogens (tertiary/aromatic N) is 1. The van der Waals surface area contributed by atoms with E-state index in [1.54, 1.807) is 23.1 Å². The minimum absolute atomic E-state index is 0.0447. The highest BCUT2D eigenvalue weighted by Crippen LogP contribution is 2.20. The number of hydrogen-bond donors (Lipinski definition) is 0. The predicted molar refractivity (Wildman–Crippen MR) is 103 cm³/mol. The van der Waals surface area contributed by atoms with Crippen molar-refractivity contribution < 1.29 is 17.4 Å². The van der Waals surface area contributed by atoms with Crippen LogP contribution >= 0.6 is 0 Å². The molecule has 0 saturated carbocycles. The SMILES string of the molecule is CCC(C)N(Cc1cccc(OS(C)(=O)=O)c1)C(=O)c1ccc(C)cc1. The van der Waals surface area contributed by atoms with Crippen LogP contribution in [0.2, 0.25) is 0 Å². The first-order valence-corrected chi connectivity index (χ1v) is 10.4. The molecule has 1 atom stereocenters. The molecule has 0 bridgehead atoms. The minimum Gasteiger partial charge on any atom is -0.383 e. The van der Waals surface area contributed by atoms with Crippen molar-refractivity contribution in [3.8, 4) is 5.75 Å². The average Bonchev–Trinajstić information content (AvgIpc) is 2.58. The summed E-state index contributed by atoms with van der Waals surface area (Å²) in [6, 6.07) is 14.4. The molecule has 6 heteroatoms. The summed E-state index contributed by atoms with van der Waals surface area (Å²) >= 11 is 0. The van der Waals surface area contributed by atoms with Gasteiger partial charge in [0.25, 0.3) is 5.91 Å². The average molecular weight is 375 g/mol. The maximum atomic E-state index is 13.0. The zero-order valence-corrected chi connectivity index (χ0v) is 16.4. The van der Waals surface area contributed by atoms with Gasteiger partial charge in [-0.2, -0.15) is 8.42 Å². The van der Waals surface area contributed by atoms with E-state index in [1.807, 2.05) is 51.1 Å². The molecule has 5 nitrogen and oxygen atoms in total. The molecule has 0 N–H and O–H groups in total. The molecule has 2 aromatic rings. The first kappa shape index (κ1) is 20.0. The molecule has 26 heavy (non-hydrogen) atoms. The Morgan fingerprint density at radius 1 is 1.15 bits per heavy atom. The third-order valence-electron chi connectivity index (χ3n) is 4.18. The molecule has 140 valence electrons. The van der Waals surface area contributed by atoms with E-state index in [1.165, 1.54) is 0 Å². The summed E-state index contributed by atoms with van der Waals surface area (Å²) in [6.45, 7) is 6.39. The molecule has 0 fully saturated rings. The van der Waals surface area contributed by atoms with Gasteiger partial charge in [-0.1, -0.05) is 36.8 Å². The van der Waals surface area contributed by atoms with Crippen LogP contribution in [-0.4, -0.2) is 31.5 Å². The minimum atomic E-state index is -3.59. The Kier molecular flexibility index (Phi) is 6.42. The van der Waals surface area contributed by atoms with E-state index in [9.17, 15) is 13.2 Å². The Hall–Kier alpha value is -2.34. The molecule has 1 amide bonds. The normalized spacial score (nSPS) is 12.5. The fourth-order valence-electron chi connectivity index (χ4n) is 2.58. The topological polar surface area (TPSA) is 63.7 Å². The molecule has 0 aliphatic rings. The van der Waals surface area contributed by atoms with E-state index in [2.05, 4.69) is 0 Å². The predicted octanol–water partition coefficient (Wildman–Crippen LogP) is 3.77. The number of benzene rings is 2. The second kappa shape index (κ2) is 8.36. The van der Waals surface area contributed by atoms with Crippen LogP contribution in [0, 0.1) is 6.92 Å². The summed E-state index contributed by atoms with van der Waals surface area (Å²) in [5.41, 5.74) is 2.55. The van der Waals surface area contributed by atoms with Gasteiger partial charge in [-0.3, -0.25) is 4.79 Å². The largest absolute Gasteiger partial charge is 0.383 e. The molecule has 0 aliphatic carbocycles. The van der Waals surface area contributed by atoms with Crippen LogP contribution in [0.15, 0.2) is 48.5 Å². The lowest BCUT2D eigenvalue weighted by Gasteiger charge is -2.29. The number of carbonyl (C=O) groups excluding carboxylic acids is 1. The molecule has 1 unspecified atom stereocenters. The Balaban J connectivity index is 2.27. The van der Waals surface area contributed by atoms with Crippen LogP contribution < -0.4 is 4.18 Å². The highest BCUT2D eigenvalue weighted by molar-refractivity contribution is 7.86. The van der Waals surface area contributed by atoms with Crippen molar-refractivity contribution in [1.82, 2.24) is 4.90 Å². The van der Waals surface area contributed by atoms with Gasteiger partial charge in [0.05, 0.1) is 6.26 Å². The van der Waals surface area contributed by atoms with E-state index in [-0.39, 0.29) is 17.7 Å². The smallest absolute Gasteiger partial charge is 0.306 e. The van der Waals surface area contributed by atoms with Gasteiger partial charge in [-0.25, -0.2) is 0 Å². The van der Waals surface area contributed by atoms with Crippen LogP contribution in [0.1, 0.15) is 41.8 Å². The number of hydrogen-bond acceptors (Lipinski definition) is 4. The lowest BCUT2D eigenvalue weighted by molar-refractivity contribution is 0.0671. The zero-order valence-electron chi connectivity index (χ0n) is 15.6. The fourth-order valence-corrected chi connectivity index (χ4v) is 3.03. The number of aryl methyl sites for hydroxylation is 1. The van der Waals surface area contributed by atoms with Crippen LogP contribution in [0.4, 0.5) is 0 Å². The third kappa shape index (κ3) is 5.59. The maximum absolute atomic E-state index is 13.0. The molecule has 0 spiro atoms. The highest BCUT2D eigenvalue weighted by Gasteiger charge is 2.21. The number of rotatable bonds is 7. The van der Waals surface area contributed by atoms with E-state index in [0.29, 0.717) is 12.1 Å². The van der Waals surface area contributed by atoms with E-state index in [4.69, 9.17) is 4.18 Å². The van der Waals surface area contributed by atoms with Gasteiger partial charge >= 0.3 is 10.1 Å². The maximum Gasteiger partial charge on any atom is 0.306 e. The van der Waals surface area contributed by atoms with Gasteiger partial charge in [0.1, 0.15) is 5.75 Å². The van der Waals surface area contributed by atoms with Crippen LogP contribution in [0.5, 0.6) is 5.75 Å². The van der Waals surface area contributed by atoms with Crippen molar-refractivity contribution in [2.24, 2.45) is 0 Å². The fraction of sp³-hybridized carbons (Fsp3) is 0.350. The van der Waals surface area contributed by atoms with E-state index < -0.39 is 10.1 Å². The van der Waals surface area contributed by atoms with Crippen LogP contribution in [-0.2, 0) is 16.7 Å². The summed E-state index contributed by atoms with van der Waals surface area (Å²) in [6.07, 6.45) is 1.82. The van der Waals surface area contributed by atoms with Crippen molar-refractivity contribution >= 4 is 16.0 Å². The van der Waals surface area contributed by atoms with Crippen molar-refractivity contribution in [1.29, 1.82) is 0 Å². The van der Waals surface area contributed by atoms with Crippen molar-refractivity contribution in [2.75, 3.05) is 6.26 Å². The lowest BCUT2D eigenvalue weighted by atomic mass is 10.1. The third-order valence-corrected chi connectivity index (χ3v) is 4.68. The molecule has 2 aromatic carbocycles. The van der Waals surface area contributed by atoms with Gasteiger partial charge < -0.3 is 9.08 Å². The molecule has 0 saturated heterocycles. The molecule has 2 rings (SSSR count). The number of carbonyl (C=O) groups is 1. The molecule has 0 aromatic heterocycles. The van der Waals surface area contributed by atoms with Crippen LogP contribution in [0.25, 0.3) is 0 Å². The van der Waals surface area contributed by atoms with Gasteiger partial charge in [-0.05, 0) is 50.1 Å². The standard InChI is InChI=1S/C20H25NO4S/c1-5-16(3)21(20(22)18-11-9-15(2)10-12-18)14-17-7-6-8-19(13-17)25-26(4,23)24/h6-13,16H,5,14H2,1-4H3. The van der Waals surface area contributed by atoms with Gasteiger partial charge in [0.2, 0.25) is 0 Å². The quantitative estimate of drug-likeness (QED) is 0.691. The second-order valence-electron chi connectivity index (χ2n) is 6.49. The number of amides is 1. The van der Waals surface area contributed by atoms with Crippen molar-refractivity contribution in [2.45, 2.75) is 39.8 Å². The van der Waals surface area contributed by atoms with Gasteiger partial charge in [0, 0.05) is 18.2 Å². The first-order chi connectivity index (χ1) is 12.2.